The Morgan fingerprint density at radius 1 is 1.13 bits per heavy atom. The highest BCUT2D eigenvalue weighted by atomic mass is 32.2. The summed E-state index contributed by atoms with van der Waals surface area (Å²) in [6.07, 6.45) is 2.07. The Morgan fingerprint density at radius 3 is 2.79 bits per heavy atom. The number of fused-ring (bicyclic) bond motifs is 3. The van der Waals surface area contributed by atoms with Gasteiger partial charge in [0.2, 0.25) is 0 Å². The van der Waals surface area contributed by atoms with Gasteiger partial charge in [-0.05, 0) is 59.7 Å². The highest BCUT2D eigenvalue weighted by molar-refractivity contribution is 7.98. The van der Waals surface area contributed by atoms with E-state index in [2.05, 4.69) is 57.4 Å². The number of rotatable bonds is 6. The molecule has 0 amide bonds. The molecule has 9 heteroatoms. The summed E-state index contributed by atoms with van der Waals surface area (Å²) in [7, 11) is 1.69. The Labute approximate surface area is 223 Å². The number of para-hydroxylation sites is 2. The van der Waals surface area contributed by atoms with Crippen molar-refractivity contribution >= 4 is 33.9 Å². The number of ether oxygens (including phenoxy) is 2. The Kier molecular flexibility index (Phi) is 6.39. The van der Waals surface area contributed by atoms with E-state index in [1.165, 1.54) is 0 Å². The number of nitrogens with one attached hydrogen (secondary N) is 1. The quantitative estimate of drug-likeness (QED) is 0.292. The predicted molar refractivity (Wildman–Crippen MR) is 147 cm³/mol. The molecule has 0 aliphatic carbocycles. The summed E-state index contributed by atoms with van der Waals surface area (Å²) in [5, 5.41) is 3.94. The minimum absolute atomic E-state index is 0.399. The molecule has 1 N–H and O–H groups in total. The Balaban J connectivity index is 1.47. The van der Waals surface area contributed by atoms with E-state index in [0.29, 0.717) is 25.6 Å². The summed E-state index contributed by atoms with van der Waals surface area (Å²) < 4.78 is 18.8. The fourth-order valence-electron chi connectivity index (χ4n) is 5.05. The second kappa shape index (κ2) is 10.00. The third-order valence-corrected chi connectivity index (χ3v) is 7.57. The summed E-state index contributed by atoms with van der Waals surface area (Å²) >= 11 is 1.69. The van der Waals surface area contributed by atoms with Gasteiger partial charge in [0.05, 0.1) is 5.52 Å². The van der Waals surface area contributed by atoms with Crippen LogP contribution < -0.4 is 10.5 Å². The molecule has 3 aromatic carbocycles. The summed E-state index contributed by atoms with van der Waals surface area (Å²) in [5.74, 6) is 1.47. The first-order valence-corrected chi connectivity index (χ1v) is 13.4. The molecule has 1 aliphatic heterocycles. The molecule has 0 atom stereocenters. The number of hydrogen-bond acceptors (Lipinski definition) is 7. The van der Waals surface area contributed by atoms with Crippen molar-refractivity contribution in [2.45, 2.75) is 31.6 Å². The van der Waals surface area contributed by atoms with Crippen molar-refractivity contribution in [1.29, 1.82) is 0 Å². The number of thioether (sulfide) groups is 1. The van der Waals surface area contributed by atoms with E-state index >= 15 is 0 Å². The zero-order valence-corrected chi connectivity index (χ0v) is 22.1. The molecule has 0 radical (unpaired) electrons. The molecule has 0 fully saturated rings. The topological polar surface area (TPSA) is 95.2 Å². The molecule has 0 unspecified atom stereocenters. The number of hydrogen-bond donors (Lipinski definition) is 1. The van der Waals surface area contributed by atoms with Crippen molar-refractivity contribution < 1.29 is 14.0 Å². The minimum Gasteiger partial charge on any atom is -0.488 e. The van der Waals surface area contributed by atoms with Crippen LogP contribution in [0.3, 0.4) is 0 Å². The maximum atomic E-state index is 11.7. The zero-order chi connectivity index (χ0) is 26.2. The smallest absolute Gasteiger partial charge is 0.439 e. The Hall–Kier alpha value is -4.08. The van der Waals surface area contributed by atoms with Gasteiger partial charge in [0.15, 0.2) is 5.82 Å². The molecule has 2 aromatic heterocycles. The highest BCUT2D eigenvalue weighted by Crippen LogP contribution is 2.40. The summed E-state index contributed by atoms with van der Waals surface area (Å²) in [4.78, 5) is 20.4. The van der Waals surface area contributed by atoms with Crippen LogP contribution in [0.4, 0.5) is 0 Å². The molecule has 1 aliphatic rings. The lowest BCUT2D eigenvalue weighted by Crippen LogP contribution is -2.07. The SMILES string of the molecule is COCc1nc2c(SC)cccc2n1Cc1ccc2c(c1)COc1ccccc1/C2=C(\C)c1noc(=O)[nH]1. The van der Waals surface area contributed by atoms with Crippen molar-refractivity contribution in [2.24, 2.45) is 0 Å². The lowest BCUT2D eigenvalue weighted by molar-refractivity contribution is 0.175. The van der Waals surface area contributed by atoms with E-state index in [-0.39, 0.29) is 0 Å². The van der Waals surface area contributed by atoms with Crippen LogP contribution in [0.1, 0.15) is 40.8 Å². The monoisotopic (exact) mass is 526 g/mol. The van der Waals surface area contributed by atoms with Gasteiger partial charge in [0.1, 0.15) is 30.3 Å². The van der Waals surface area contributed by atoms with Crippen LogP contribution in [-0.2, 0) is 24.5 Å². The lowest BCUT2D eigenvalue weighted by atomic mass is 9.89. The maximum absolute atomic E-state index is 11.7. The number of aromatic nitrogens is 4. The van der Waals surface area contributed by atoms with Crippen LogP contribution in [0, 0.1) is 0 Å². The third kappa shape index (κ3) is 4.23. The van der Waals surface area contributed by atoms with Crippen molar-refractivity contribution in [3.05, 3.63) is 105 Å². The van der Waals surface area contributed by atoms with E-state index in [9.17, 15) is 4.79 Å². The first-order valence-electron chi connectivity index (χ1n) is 12.2. The summed E-state index contributed by atoms with van der Waals surface area (Å²) in [6, 6.07) is 20.6. The molecule has 0 saturated carbocycles. The molecule has 192 valence electrons. The van der Waals surface area contributed by atoms with Gasteiger partial charge in [-0.15, -0.1) is 11.8 Å². The lowest BCUT2D eigenvalue weighted by Gasteiger charge is -2.15. The van der Waals surface area contributed by atoms with Crippen LogP contribution >= 0.6 is 11.8 Å². The van der Waals surface area contributed by atoms with Crippen LogP contribution in [0.15, 0.2) is 74.9 Å². The average Bonchev–Trinajstić information content (AvgIpc) is 3.47. The molecule has 5 aromatic rings. The van der Waals surface area contributed by atoms with Gasteiger partial charge in [-0.3, -0.25) is 9.51 Å². The molecule has 3 heterocycles. The third-order valence-electron chi connectivity index (χ3n) is 6.80. The predicted octanol–water partition coefficient (Wildman–Crippen LogP) is 5.50. The fraction of sp³-hybridized carbons (Fsp3) is 0.207. The molecule has 38 heavy (non-hydrogen) atoms. The standard InChI is InChI=1S/C29H26N4O4S/c1-17(28-31-29(34)37-32-28)26-20-12-11-18(13-19(20)15-36-23-9-5-4-7-21(23)26)14-33-22-8-6-10-24(38-3)27(22)30-25(33)16-35-2/h4-13H,14-16H2,1-3H3,(H,31,32,34)/b26-17+. The summed E-state index contributed by atoms with van der Waals surface area (Å²) in [5.41, 5.74) is 7.94. The molecule has 0 spiro atoms. The number of aromatic amines is 1. The van der Waals surface area contributed by atoms with E-state index in [1.807, 2.05) is 31.2 Å². The van der Waals surface area contributed by atoms with Crippen LogP contribution in [0.2, 0.25) is 0 Å². The highest BCUT2D eigenvalue weighted by Gasteiger charge is 2.23. The van der Waals surface area contributed by atoms with Crippen molar-refractivity contribution in [3.8, 4) is 5.75 Å². The molecule has 0 bridgehead atoms. The van der Waals surface area contributed by atoms with Crippen LogP contribution in [0.25, 0.3) is 22.2 Å². The maximum Gasteiger partial charge on any atom is 0.439 e. The van der Waals surface area contributed by atoms with E-state index < -0.39 is 5.76 Å². The van der Waals surface area contributed by atoms with Gasteiger partial charge in [-0.2, -0.15) is 0 Å². The normalized spacial score (nSPS) is 14.1. The number of methoxy groups -OCH3 is 1. The van der Waals surface area contributed by atoms with E-state index in [0.717, 1.165) is 60.9 Å². The van der Waals surface area contributed by atoms with Crippen molar-refractivity contribution in [3.63, 3.8) is 0 Å². The first kappa shape index (κ1) is 24.3. The van der Waals surface area contributed by atoms with Gasteiger partial charge in [-0.1, -0.05) is 41.6 Å². The van der Waals surface area contributed by atoms with Gasteiger partial charge in [-0.25, -0.2) is 9.78 Å². The van der Waals surface area contributed by atoms with Crippen LogP contribution in [0.5, 0.6) is 5.75 Å². The van der Waals surface area contributed by atoms with Crippen molar-refractivity contribution in [1.82, 2.24) is 19.7 Å². The van der Waals surface area contributed by atoms with Crippen LogP contribution in [-0.4, -0.2) is 33.1 Å². The molecular formula is C29H26N4O4S. The fourth-order valence-corrected chi connectivity index (χ4v) is 5.61. The minimum atomic E-state index is -0.585. The molecule has 8 nitrogen and oxygen atoms in total. The van der Waals surface area contributed by atoms with E-state index in [1.54, 1.807) is 18.9 Å². The van der Waals surface area contributed by atoms with Gasteiger partial charge in [0, 0.05) is 29.7 Å². The Morgan fingerprint density at radius 2 is 2.00 bits per heavy atom. The van der Waals surface area contributed by atoms with Gasteiger partial charge in [0.25, 0.3) is 0 Å². The largest absolute Gasteiger partial charge is 0.488 e. The zero-order valence-electron chi connectivity index (χ0n) is 21.3. The van der Waals surface area contributed by atoms with Gasteiger partial charge < -0.3 is 14.0 Å². The number of H-pyrrole nitrogens is 1. The molecule has 0 saturated heterocycles. The number of nitrogens with zero attached hydrogens (tertiary/aromatic N) is 3. The molecular weight excluding hydrogens is 500 g/mol. The Bertz CT molecular complexity index is 1750. The number of allylic oxidation sites excluding steroid dienone is 1. The average molecular weight is 527 g/mol. The van der Waals surface area contributed by atoms with E-state index in [4.69, 9.17) is 19.0 Å². The number of imidazole rings is 1. The van der Waals surface area contributed by atoms with Gasteiger partial charge >= 0.3 is 5.76 Å². The second-order valence-corrected chi connectivity index (χ2v) is 9.94. The first-order chi connectivity index (χ1) is 18.6. The summed E-state index contributed by atoms with van der Waals surface area (Å²) in [6.45, 7) is 3.41. The van der Waals surface area contributed by atoms with Crippen molar-refractivity contribution in [2.75, 3.05) is 13.4 Å². The number of benzene rings is 3. The molecule has 6 rings (SSSR count). The second-order valence-electron chi connectivity index (χ2n) is 9.10.